The van der Waals surface area contributed by atoms with E-state index in [4.69, 9.17) is 10.5 Å². The standard InChI is InChI=1S/C13H16N4O2/c1-3-8(2)19-13-11-9(4-5-10(14)18)6-15-12(11)16-7-17-13/h4-8H,3H2,1-2H3,(H2,14,18)(H,15,16,17). The molecule has 1 atom stereocenters. The number of hydrogen-bond acceptors (Lipinski definition) is 4. The first kappa shape index (κ1) is 13.1. The second-order valence-electron chi connectivity index (χ2n) is 4.22. The van der Waals surface area contributed by atoms with E-state index in [-0.39, 0.29) is 6.10 Å². The summed E-state index contributed by atoms with van der Waals surface area (Å²) in [6.07, 6.45) is 7.03. The van der Waals surface area contributed by atoms with Crippen molar-refractivity contribution in [1.29, 1.82) is 0 Å². The number of carbonyl (C=O) groups excluding carboxylic acids is 1. The minimum atomic E-state index is -0.504. The number of rotatable bonds is 5. The number of primary amides is 1. The third kappa shape index (κ3) is 2.90. The van der Waals surface area contributed by atoms with E-state index in [1.165, 1.54) is 12.4 Å². The summed E-state index contributed by atoms with van der Waals surface area (Å²) in [6, 6.07) is 0. The molecule has 6 heteroatoms. The van der Waals surface area contributed by atoms with E-state index in [0.29, 0.717) is 11.5 Å². The van der Waals surface area contributed by atoms with Gasteiger partial charge < -0.3 is 15.5 Å². The maximum atomic E-state index is 10.8. The number of fused-ring (bicyclic) bond motifs is 1. The van der Waals surface area contributed by atoms with Gasteiger partial charge in [-0.3, -0.25) is 4.79 Å². The Morgan fingerprint density at radius 2 is 2.37 bits per heavy atom. The zero-order valence-electron chi connectivity index (χ0n) is 10.9. The van der Waals surface area contributed by atoms with Gasteiger partial charge in [0.15, 0.2) is 0 Å². The van der Waals surface area contributed by atoms with Gasteiger partial charge in [-0.1, -0.05) is 6.92 Å². The Morgan fingerprint density at radius 1 is 1.58 bits per heavy atom. The average Bonchev–Trinajstić information content (AvgIpc) is 2.80. The van der Waals surface area contributed by atoms with Crippen molar-refractivity contribution in [2.45, 2.75) is 26.4 Å². The lowest BCUT2D eigenvalue weighted by atomic mass is 10.2. The zero-order chi connectivity index (χ0) is 13.8. The number of amides is 1. The number of ether oxygens (including phenoxy) is 1. The SMILES string of the molecule is CCC(C)Oc1ncnc2[nH]cc(C=CC(N)=O)c12. The molecule has 1 amide bonds. The summed E-state index contributed by atoms with van der Waals surface area (Å²) in [5, 5.41) is 0.750. The zero-order valence-corrected chi connectivity index (χ0v) is 10.9. The summed E-state index contributed by atoms with van der Waals surface area (Å²) in [6.45, 7) is 4.01. The number of hydrogen-bond donors (Lipinski definition) is 2. The van der Waals surface area contributed by atoms with Crippen molar-refractivity contribution in [2.75, 3.05) is 0 Å². The predicted octanol–water partition coefficient (Wildman–Crippen LogP) is 1.63. The monoisotopic (exact) mass is 260 g/mol. The number of nitrogens with zero attached hydrogens (tertiary/aromatic N) is 2. The highest BCUT2D eigenvalue weighted by Gasteiger charge is 2.12. The minimum Gasteiger partial charge on any atom is -0.474 e. The van der Waals surface area contributed by atoms with Crippen LogP contribution in [0.4, 0.5) is 0 Å². The first-order valence-corrected chi connectivity index (χ1v) is 6.08. The van der Waals surface area contributed by atoms with Gasteiger partial charge in [-0.2, -0.15) is 0 Å². The number of nitrogens with two attached hydrogens (primary N) is 1. The molecule has 0 fully saturated rings. The minimum absolute atomic E-state index is 0.0565. The van der Waals surface area contributed by atoms with Gasteiger partial charge in [-0.15, -0.1) is 0 Å². The van der Waals surface area contributed by atoms with Crippen LogP contribution >= 0.6 is 0 Å². The molecular weight excluding hydrogens is 244 g/mol. The lowest BCUT2D eigenvalue weighted by Crippen LogP contribution is -2.11. The molecule has 6 nitrogen and oxygen atoms in total. The van der Waals surface area contributed by atoms with Crippen molar-refractivity contribution in [2.24, 2.45) is 5.73 Å². The summed E-state index contributed by atoms with van der Waals surface area (Å²) >= 11 is 0. The Labute approximate surface area is 110 Å². The predicted molar refractivity (Wildman–Crippen MR) is 72.5 cm³/mol. The second kappa shape index (κ2) is 5.51. The lowest BCUT2D eigenvalue weighted by molar-refractivity contribution is -0.113. The smallest absolute Gasteiger partial charge is 0.241 e. The van der Waals surface area contributed by atoms with Crippen molar-refractivity contribution in [3.8, 4) is 5.88 Å². The third-order valence-electron chi connectivity index (χ3n) is 2.78. The van der Waals surface area contributed by atoms with Crippen LogP contribution in [0, 0.1) is 0 Å². The lowest BCUT2D eigenvalue weighted by Gasteiger charge is -2.12. The van der Waals surface area contributed by atoms with Crippen LogP contribution in [0.2, 0.25) is 0 Å². The molecule has 19 heavy (non-hydrogen) atoms. The fourth-order valence-corrected chi connectivity index (χ4v) is 1.62. The Balaban J connectivity index is 2.46. The van der Waals surface area contributed by atoms with Crippen LogP contribution < -0.4 is 10.5 Å². The van der Waals surface area contributed by atoms with Crippen molar-refractivity contribution in [3.63, 3.8) is 0 Å². The summed E-state index contributed by atoms with van der Waals surface area (Å²) in [4.78, 5) is 22.1. The highest BCUT2D eigenvalue weighted by molar-refractivity contribution is 5.96. The molecule has 2 aromatic heterocycles. The summed E-state index contributed by atoms with van der Waals surface area (Å²) in [5.74, 6) is 0.000291. The van der Waals surface area contributed by atoms with Crippen LogP contribution in [0.5, 0.6) is 5.88 Å². The molecule has 0 aromatic carbocycles. The van der Waals surface area contributed by atoms with E-state index in [9.17, 15) is 4.79 Å². The number of aromatic nitrogens is 3. The Hall–Kier alpha value is -2.37. The topological polar surface area (TPSA) is 93.9 Å². The largest absolute Gasteiger partial charge is 0.474 e. The van der Waals surface area contributed by atoms with Crippen LogP contribution in [0.1, 0.15) is 25.8 Å². The molecule has 0 aliphatic heterocycles. The number of carbonyl (C=O) groups is 1. The highest BCUT2D eigenvalue weighted by atomic mass is 16.5. The maximum absolute atomic E-state index is 10.8. The molecule has 3 N–H and O–H groups in total. The summed E-state index contributed by atoms with van der Waals surface area (Å²) in [7, 11) is 0. The van der Waals surface area contributed by atoms with Gasteiger partial charge in [0.05, 0.1) is 11.5 Å². The Morgan fingerprint density at radius 3 is 3.05 bits per heavy atom. The van der Waals surface area contributed by atoms with Gasteiger partial charge in [-0.05, 0) is 19.4 Å². The molecule has 2 heterocycles. The van der Waals surface area contributed by atoms with Crippen molar-refractivity contribution >= 4 is 23.0 Å². The molecule has 0 saturated carbocycles. The van der Waals surface area contributed by atoms with E-state index in [1.54, 1.807) is 12.3 Å². The molecule has 0 spiro atoms. The fourth-order valence-electron chi connectivity index (χ4n) is 1.62. The van der Waals surface area contributed by atoms with Gasteiger partial charge >= 0.3 is 0 Å². The first-order chi connectivity index (χ1) is 9.11. The van der Waals surface area contributed by atoms with Gasteiger partial charge in [-0.25, -0.2) is 9.97 Å². The van der Waals surface area contributed by atoms with Crippen LogP contribution in [-0.4, -0.2) is 27.0 Å². The first-order valence-electron chi connectivity index (χ1n) is 6.08. The van der Waals surface area contributed by atoms with Crippen LogP contribution in [0.25, 0.3) is 17.1 Å². The normalized spacial score (nSPS) is 12.9. The number of H-pyrrole nitrogens is 1. The average molecular weight is 260 g/mol. The van der Waals surface area contributed by atoms with Crippen LogP contribution in [0.15, 0.2) is 18.6 Å². The van der Waals surface area contributed by atoms with Crippen molar-refractivity contribution in [1.82, 2.24) is 15.0 Å². The summed E-state index contributed by atoms with van der Waals surface area (Å²) < 4.78 is 5.76. The molecule has 0 radical (unpaired) electrons. The van der Waals surface area contributed by atoms with Crippen LogP contribution in [-0.2, 0) is 4.79 Å². The summed E-state index contributed by atoms with van der Waals surface area (Å²) in [5.41, 5.74) is 6.53. The quantitative estimate of drug-likeness (QED) is 0.799. The molecule has 0 saturated heterocycles. The van der Waals surface area contributed by atoms with Gasteiger partial charge in [0, 0.05) is 17.8 Å². The van der Waals surface area contributed by atoms with E-state index in [2.05, 4.69) is 15.0 Å². The molecular formula is C13H16N4O2. The van der Waals surface area contributed by atoms with Gasteiger partial charge in [0.25, 0.3) is 0 Å². The number of nitrogens with one attached hydrogen (secondary N) is 1. The van der Waals surface area contributed by atoms with E-state index in [0.717, 1.165) is 17.4 Å². The van der Waals surface area contributed by atoms with Crippen molar-refractivity contribution in [3.05, 3.63) is 24.2 Å². The number of aromatic amines is 1. The molecule has 2 aromatic rings. The molecule has 0 bridgehead atoms. The Bertz CT molecular complexity index is 618. The molecule has 0 aliphatic rings. The molecule has 0 aliphatic carbocycles. The Kier molecular flexibility index (Phi) is 3.79. The van der Waals surface area contributed by atoms with Gasteiger partial charge in [0.1, 0.15) is 12.0 Å². The van der Waals surface area contributed by atoms with Crippen molar-refractivity contribution < 1.29 is 9.53 Å². The van der Waals surface area contributed by atoms with E-state index in [1.807, 2.05) is 13.8 Å². The molecule has 2 rings (SSSR count). The molecule has 100 valence electrons. The second-order valence-corrected chi connectivity index (χ2v) is 4.22. The highest BCUT2D eigenvalue weighted by Crippen LogP contribution is 2.27. The fraction of sp³-hybridized carbons (Fsp3) is 0.308. The van der Waals surface area contributed by atoms with E-state index < -0.39 is 5.91 Å². The van der Waals surface area contributed by atoms with Crippen LogP contribution in [0.3, 0.4) is 0 Å². The third-order valence-corrected chi connectivity index (χ3v) is 2.78. The van der Waals surface area contributed by atoms with E-state index >= 15 is 0 Å². The maximum Gasteiger partial charge on any atom is 0.241 e. The molecule has 1 unspecified atom stereocenters. The van der Waals surface area contributed by atoms with Gasteiger partial charge in [0.2, 0.25) is 11.8 Å².